The predicted octanol–water partition coefficient (Wildman–Crippen LogP) is -0.558. The van der Waals surface area contributed by atoms with Gasteiger partial charge in [0.25, 0.3) is 0 Å². The summed E-state index contributed by atoms with van der Waals surface area (Å²) in [5, 5.41) is 8.96. The molecule has 0 aliphatic heterocycles. The van der Waals surface area contributed by atoms with Crippen molar-refractivity contribution in [1.82, 2.24) is 9.29 Å². The van der Waals surface area contributed by atoms with Crippen molar-refractivity contribution >= 4 is 10.0 Å². The molecule has 1 rings (SSSR count). The average molecular weight is 248 g/mol. The molecule has 1 aromatic heterocycles. The van der Waals surface area contributed by atoms with Gasteiger partial charge in [-0.3, -0.25) is 0 Å². The first kappa shape index (κ1) is 13.2. The highest BCUT2D eigenvalue weighted by atomic mass is 32.2. The van der Waals surface area contributed by atoms with Crippen LogP contribution in [0.4, 0.5) is 0 Å². The Morgan fingerprint density at radius 2 is 2.25 bits per heavy atom. The van der Waals surface area contributed by atoms with E-state index in [2.05, 4.69) is 4.72 Å². The molecule has 0 saturated carbocycles. The minimum absolute atomic E-state index is 0.148. The number of aliphatic hydroxyl groups is 1. The van der Waals surface area contributed by atoms with Crippen molar-refractivity contribution in [2.75, 3.05) is 20.3 Å². The molecule has 0 bridgehead atoms. The predicted molar refractivity (Wildman–Crippen MR) is 58.4 cm³/mol. The van der Waals surface area contributed by atoms with Crippen LogP contribution in [-0.2, 0) is 28.4 Å². The number of hydrogen-bond donors (Lipinski definition) is 2. The van der Waals surface area contributed by atoms with Gasteiger partial charge in [-0.2, -0.15) is 0 Å². The Kier molecular flexibility index (Phi) is 4.48. The van der Waals surface area contributed by atoms with Crippen LogP contribution in [0.3, 0.4) is 0 Å². The zero-order valence-corrected chi connectivity index (χ0v) is 10.1. The molecule has 0 aromatic carbocycles. The zero-order valence-electron chi connectivity index (χ0n) is 9.30. The van der Waals surface area contributed by atoms with E-state index in [0.29, 0.717) is 12.3 Å². The van der Waals surface area contributed by atoms with Crippen LogP contribution in [0.15, 0.2) is 17.2 Å². The number of hydrogen-bond acceptors (Lipinski definition) is 4. The Morgan fingerprint density at radius 3 is 2.75 bits per heavy atom. The number of aryl methyl sites for hydroxylation is 1. The van der Waals surface area contributed by atoms with Crippen molar-refractivity contribution in [1.29, 1.82) is 0 Å². The Labute approximate surface area is 94.9 Å². The monoisotopic (exact) mass is 248 g/mol. The molecule has 1 aromatic rings. The molecule has 0 amide bonds. The van der Waals surface area contributed by atoms with Gasteiger partial charge in [0.15, 0.2) is 0 Å². The van der Waals surface area contributed by atoms with Gasteiger partial charge in [-0.05, 0) is 6.07 Å². The third kappa shape index (κ3) is 3.05. The first-order valence-electron chi connectivity index (χ1n) is 4.76. The summed E-state index contributed by atoms with van der Waals surface area (Å²) in [6.07, 6.45) is 1.46. The lowest BCUT2D eigenvalue weighted by Crippen LogP contribution is -2.26. The van der Waals surface area contributed by atoms with E-state index in [4.69, 9.17) is 9.84 Å². The van der Waals surface area contributed by atoms with Crippen molar-refractivity contribution in [3.05, 3.63) is 18.0 Å². The summed E-state index contributed by atoms with van der Waals surface area (Å²) >= 11 is 0. The number of sulfonamides is 1. The Balaban J connectivity index is 2.81. The molecule has 1 heterocycles. The number of methoxy groups -OCH3 is 1. The largest absolute Gasteiger partial charge is 0.390 e. The fourth-order valence-electron chi connectivity index (χ4n) is 1.24. The van der Waals surface area contributed by atoms with Crippen molar-refractivity contribution in [3.63, 3.8) is 0 Å². The van der Waals surface area contributed by atoms with Crippen molar-refractivity contribution in [2.24, 2.45) is 7.05 Å². The fraction of sp³-hybridized carbons (Fsp3) is 0.556. The first-order chi connectivity index (χ1) is 7.51. The molecule has 2 N–H and O–H groups in total. The van der Waals surface area contributed by atoms with Gasteiger partial charge in [0, 0.05) is 32.6 Å². The summed E-state index contributed by atoms with van der Waals surface area (Å²) in [7, 11) is -0.325. The van der Waals surface area contributed by atoms with Crippen LogP contribution in [-0.4, -0.2) is 38.4 Å². The molecule has 0 saturated heterocycles. The summed E-state index contributed by atoms with van der Waals surface area (Å²) in [4.78, 5) is 0.148. The number of aromatic nitrogens is 1. The molecule has 16 heavy (non-hydrogen) atoms. The van der Waals surface area contributed by atoms with Gasteiger partial charge in [0.05, 0.1) is 18.1 Å². The van der Waals surface area contributed by atoms with Crippen LogP contribution in [0, 0.1) is 0 Å². The van der Waals surface area contributed by atoms with Gasteiger partial charge in [-0.25, -0.2) is 13.1 Å². The molecule has 6 nitrogen and oxygen atoms in total. The van der Waals surface area contributed by atoms with Gasteiger partial charge < -0.3 is 14.4 Å². The van der Waals surface area contributed by atoms with Crippen LogP contribution in [0.5, 0.6) is 0 Å². The van der Waals surface area contributed by atoms with Gasteiger partial charge in [-0.15, -0.1) is 0 Å². The third-order valence-corrected chi connectivity index (χ3v) is 3.58. The van der Waals surface area contributed by atoms with E-state index in [0.717, 1.165) is 0 Å². The highest BCUT2D eigenvalue weighted by Gasteiger charge is 2.16. The molecule has 92 valence electrons. The Morgan fingerprint density at radius 1 is 1.56 bits per heavy atom. The summed E-state index contributed by atoms with van der Waals surface area (Å²) < 4.78 is 32.2. The van der Waals surface area contributed by atoms with Crippen LogP contribution >= 0.6 is 0 Å². The lowest BCUT2D eigenvalue weighted by atomic mass is 10.5. The molecule has 0 radical (unpaired) electrons. The minimum Gasteiger partial charge on any atom is -0.390 e. The SMILES string of the molecule is COCCNS(=O)(=O)c1cc(CO)n(C)c1. The van der Waals surface area contributed by atoms with Crippen LogP contribution in [0.25, 0.3) is 0 Å². The maximum Gasteiger partial charge on any atom is 0.242 e. The number of ether oxygens (including phenoxy) is 1. The summed E-state index contributed by atoms with van der Waals surface area (Å²) in [6.45, 7) is 0.352. The zero-order chi connectivity index (χ0) is 12.2. The van der Waals surface area contributed by atoms with Crippen LogP contribution in [0.2, 0.25) is 0 Å². The highest BCUT2D eigenvalue weighted by molar-refractivity contribution is 7.89. The molecular formula is C9H16N2O4S. The summed E-state index contributed by atoms with van der Waals surface area (Å²) in [5.41, 5.74) is 0.548. The first-order valence-corrected chi connectivity index (χ1v) is 6.24. The standard InChI is InChI=1S/C9H16N2O4S/c1-11-6-9(5-8(11)7-12)16(13,14)10-3-4-15-2/h5-6,10,12H,3-4,7H2,1-2H3. The molecule has 0 unspecified atom stereocenters. The molecular weight excluding hydrogens is 232 g/mol. The highest BCUT2D eigenvalue weighted by Crippen LogP contribution is 2.12. The van der Waals surface area contributed by atoms with Crippen LogP contribution < -0.4 is 4.72 Å². The second kappa shape index (κ2) is 5.44. The second-order valence-electron chi connectivity index (χ2n) is 3.33. The van der Waals surface area contributed by atoms with Crippen LogP contribution in [0.1, 0.15) is 5.69 Å². The van der Waals surface area contributed by atoms with Gasteiger partial charge in [0.1, 0.15) is 0 Å². The molecule has 0 spiro atoms. The van der Waals surface area contributed by atoms with Gasteiger partial charge in [0.2, 0.25) is 10.0 Å². The van der Waals surface area contributed by atoms with E-state index >= 15 is 0 Å². The average Bonchev–Trinajstić information content (AvgIpc) is 2.60. The van der Waals surface area contributed by atoms with E-state index in [-0.39, 0.29) is 18.0 Å². The van der Waals surface area contributed by atoms with Crippen molar-refractivity contribution in [3.8, 4) is 0 Å². The fourth-order valence-corrected chi connectivity index (χ4v) is 2.35. The third-order valence-electron chi connectivity index (χ3n) is 2.15. The number of nitrogens with one attached hydrogen (secondary N) is 1. The van der Waals surface area contributed by atoms with E-state index < -0.39 is 10.0 Å². The number of nitrogens with zero attached hydrogens (tertiary/aromatic N) is 1. The normalized spacial score (nSPS) is 11.9. The van der Waals surface area contributed by atoms with E-state index in [1.54, 1.807) is 11.6 Å². The molecule has 7 heteroatoms. The second-order valence-corrected chi connectivity index (χ2v) is 5.09. The van der Waals surface area contributed by atoms with Crippen molar-refractivity contribution < 1.29 is 18.3 Å². The minimum atomic E-state index is -3.51. The molecule has 0 aliphatic carbocycles. The Hall–Kier alpha value is -0.890. The maximum absolute atomic E-state index is 11.7. The molecule has 0 fully saturated rings. The topological polar surface area (TPSA) is 80.6 Å². The summed E-state index contributed by atoms with van der Waals surface area (Å²) in [6, 6.07) is 1.44. The number of rotatable bonds is 6. The van der Waals surface area contributed by atoms with E-state index in [1.807, 2.05) is 0 Å². The van der Waals surface area contributed by atoms with Gasteiger partial charge >= 0.3 is 0 Å². The van der Waals surface area contributed by atoms with Gasteiger partial charge in [-0.1, -0.05) is 0 Å². The maximum atomic E-state index is 11.7. The summed E-state index contributed by atoms with van der Waals surface area (Å²) in [5.74, 6) is 0. The molecule has 0 atom stereocenters. The van der Waals surface area contributed by atoms with E-state index in [1.165, 1.54) is 19.4 Å². The van der Waals surface area contributed by atoms with E-state index in [9.17, 15) is 8.42 Å². The van der Waals surface area contributed by atoms with Crippen molar-refractivity contribution in [2.45, 2.75) is 11.5 Å². The number of aliphatic hydroxyl groups excluding tert-OH is 1. The lowest BCUT2D eigenvalue weighted by Gasteiger charge is -2.03. The molecule has 0 aliphatic rings. The Bertz CT molecular complexity index is 438. The lowest BCUT2D eigenvalue weighted by molar-refractivity contribution is 0.204. The quantitative estimate of drug-likeness (QED) is 0.661. The smallest absolute Gasteiger partial charge is 0.242 e.